The minimum absolute atomic E-state index is 0.0309. The number of hydrogen-bond donors (Lipinski definition) is 10. The molecule has 1 aromatic rings. The van der Waals surface area contributed by atoms with Crippen molar-refractivity contribution in [2.75, 3.05) is 64.2 Å². The van der Waals surface area contributed by atoms with Gasteiger partial charge in [-0.3, -0.25) is 57.7 Å². The molecule has 0 bridgehead atoms. The van der Waals surface area contributed by atoms with E-state index < -0.39 is 145 Å². The molecule has 0 saturated carbocycles. The van der Waals surface area contributed by atoms with Gasteiger partial charge in [0.2, 0.25) is 35.4 Å². The molecule has 8 atom stereocenters. The molecule has 1 aromatic carbocycles. The van der Waals surface area contributed by atoms with Crippen molar-refractivity contribution in [2.45, 2.75) is 136 Å². The molecule has 26 heteroatoms. The van der Waals surface area contributed by atoms with Crippen LogP contribution in [0.15, 0.2) is 35.3 Å². The number of carbonyl (C=O) groups excluding carboxylic acids is 11. The molecule has 454 valence electrons. The van der Waals surface area contributed by atoms with E-state index in [2.05, 4.69) is 36.9 Å². The van der Waals surface area contributed by atoms with Gasteiger partial charge in [0.1, 0.15) is 12.6 Å². The maximum absolute atomic E-state index is 14.2. The SMILES string of the molecule is CC(=O)C1CSSCC(N)C(=O)NCCOCCOCC(=O)NC(CO)C(=O)CC(C(C)C)C(=O)NC(C(C)C)C(=O)CC(Cc2ccccc2)C(=O)NCC(=O)CC(CC(C)C)C(=O)NC(CCCN=C(N)N)C(=O)CCC(=O)N1. The normalized spacial score (nSPS) is 25.1. The highest BCUT2D eigenvalue weighted by Crippen LogP contribution is 2.24. The van der Waals surface area contributed by atoms with E-state index in [4.69, 9.17) is 26.7 Å². The van der Waals surface area contributed by atoms with E-state index in [0.717, 1.165) is 5.56 Å². The van der Waals surface area contributed by atoms with Gasteiger partial charge in [0.15, 0.2) is 34.9 Å². The van der Waals surface area contributed by atoms with Crippen molar-refractivity contribution in [1.82, 2.24) is 31.9 Å². The summed E-state index contributed by atoms with van der Waals surface area (Å²) in [4.78, 5) is 152. The van der Waals surface area contributed by atoms with Crippen molar-refractivity contribution in [3.8, 4) is 0 Å². The number of hydrogen-bond acceptors (Lipinski definition) is 18. The fraction of sp³-hybridized carbons (Fsp3) is 0.673. The van der Waals surface area contributed by atoms with Crippen LogP contribution in [0.25, 0.3) is 0 Å². The van der Waals surface area contributed by atoms with Crippen LogP contribution in [0, 0.1) is 35.5 Å². The summed E-state index contributed by atoms with van der Waals surface area (Å²) >= 11 is 0. The van der Waals surface area contributed by atoms with Crippen LogP contribution in [0.1, 0.15) is 105 Å². The van der Waals surface area contributed by atoms with Crippen molar-refractivity contribution in [2.24, 2.45) is 57.7 Å². The van der Waals surface area contributed by atoms with Gasteiger partial charge >= 0.3 is 0 Å². The molecule has 24 nitrogen and oxygen atoms in total. The molecule has 1 heterocycles. The first-order valence-electron chi connectivity index (χ1n) is 27.5. The van der Waals surface area contributed by atoms with Gasteiger partial charge in [0.05, 0.1) is 57.1 Å². The number of benzene rings is 1. The number of guanidine groups is 1. The number of aliphatic hydroxyl groups is 1. The second-order valence-corrected chi connectivity index (χ2v) is 23.8. The van der Waals surface area contributed by atoms with Crippen molar-refractivity contribution >= 4 is 91.9 Å². The van der Waals surface area contributed by atoms with E-state index in [0.29, 0.717) is 0 Å². The minimum Gasteiger partial charge on any atom is -0.394 e. The Kier molecular flexibility index (Phi) is 34.2. The number of nitrogens with zero attached hydrogens (tertiary/aromatic N) is 1. The topological polar surface area (TPSA) is 389 Å². The maximum atomic E-state index is 14.2. The second kappa shape index (κ2) is 38.8. The van der Waals surface area contributed by atoms with Crippen LogP contribution in [0.4, 0.5) is 0 Å². The Morgan fingerprint density at radius 3 is 2.01 bits per heavy atom. The summed E-state index contributed by atoms with van der Waals surface area (Å²) in [6.45, 7) is 10.5. The molecule has 1 aliphatic heterocycles. The molecule has 8 unspecified atom stereocenters. The summed E-state index contributed by atoms with van der Waals surface area (Å²) in [5, 5.41) is 26.1. The number of aliphatic imine (C=N–C) groups is 1. The van der Waals surface area contributed by atoms with E-state index in [1.807, 2.05) is 13.8 Å². The van der Waals surface area contributed by atoms with Crippen LogP contribution in [0.5, 0.6) is 0 Å². The highest BCUT2D eigenvalue weighted by molar-refractivity contribution is 8.76. The third kappa shape index (κ3) is 29.1. The smallest absolute Gasteiger partial charge is 0.246 e. The lowest BCUT2D eigenvalue weighted by Gasteiger charge is -2.28. The average molecular weight is 1180 g/mol. The van der Waals surface area contributed by atoms with Gasteiger partial charge in [-0.05, 0) is 55.9 Å². The number of ketones is 5. The molecule has 1 aliphatic rings. The largest absolute Gasteiger partial charge is 0.394 e. The van der Waals surface area contributed by atoms with Gasteiger partial charge in [0, 0.05) is 74.5 Å². The monoisotopic (exact) mass is 1180 g/mol. The van der Waals surface area contributed by atoms with Gasteiger partial charge in [-0.25, -0.2) is 0 Å². The van der Waals surface area contributed by atoms with Crippen LogP contribution in [0.2, 0.25) is 0 Å². The van der Waals surface area contributed by atoms with Crippen molar-refractivity contribution in [3.63, 3.8) is 0 Å². The minimum atomic E-state index is -1.37. The average Bonchev–Trinajstić information content (AvgIpc) is 3.40. The molecule has 1 saturated heterocycles. The molecule has 0 aliphatic carbocycles. The van der Waals surface area contributed by atoms with Gasteiger partial charge in [-0.1, -0.05) is 93.5 Å². The Morgan fingerprint density at radius 1 is 0.704 bits per heavy atom. The molecule has 0 aromatic heterocycles. The highest BCUT2D eigenvalue weighted by Gasteiger charge is 2.35. The zero-order valence-electron chi connectivity index (χ0n) is 47.9. The van der Waals surface area contributed by atoms with Gasteiger partial charge in [0.25, 0.3) is 0 Å². The molecular formula is C55H88N10O14S2. The van der Waals surface area contributed by atoms with E-state index in [1.165, 1.54) is 28.5 Å². The Morgan fingerprint density at radius 2 is 1.38 bits per heavy atom. The van der Waals surface area contributed by atoms with Crippen molar-refractivity contribution in [3.05, 3.63) is 35.9 Å². The van der Waals surface area contributed by atoms with Crippen LogP contribution in [0.3, 0.4) is 0 Å². The third-order valence-corrected chi connectivity index (χ3v) is 15.6. The number of Topliss-reactive ketones (excluding diaryl/α,β-unsaturated/α-hetero) is 5. The summed E-state index contributed by atoms with van der Waals surface area (Å²) in [6, 6.07) is 3.46. The number of nitrogens with two attached hydrogens (primary N) is 3. The summed E-state index contributed by atoms with van der Waals surface area (Å²) < 4.78 is 10.8. The van der Waals surface area contributed by atoms with E-state index >= 15 is 0 Å². The molecule has 0 radical (unpaired) electrons. The number of nitrogens with one attached hydrogen (secondary N) is 6. The number of carbonyl (C=O) groups is 11. The predicted octanol–water partition coefficient (Wildman–Crippen LogP) is 0.225. The summed E-state index contributed by atoms with van der Waals surface area (Å²) in [6.07, 6.45) is -1.02. The van der Waals surface area contributed by atoms with E-state index in [9.17, 15) is 57.8 Å². The fourth-order valence-electron chi connectivity index (χ4n) is 8.51. The lowest BCUT2D eigenvalue weighted by atomic mass is 9.85. The van der Waals surface area contributed by atoms with E-state index in [1.54, 1.807) is 58.0 Å². The van der Waals surface area contributed by atoms with Crippen LogP contribution in [-0.4, -0.2) is 170 Å². The molecule has 81 heavy (non-hydrogen) atoms. The zero-order valence-corrected chi connectivity index (χ0v) is 49.6. The Bertz CT molecular complexity index is 2270. The highest BCUT2D eigenvalue weighted by atomic mass is 33.1. The Hall–Kier alpha value is -5.80. The van der Waals surface area contributed by atoms with Crippen molar-refractivity contribution in [1.29, 1.82) is 0 Å². The quantitative estimate of drug-likeness (QED) is 0.0579. The molecular weight excluding hydrogens is 1090 g/mol. The summed E-state index contributed by atoms with van der Waals surface area (Å²) in [5.74, 6) is -9.91. The molecule has 13 N–H and O–H groups in total. The summed E-state index contributed by atoms with van der Waals surface area (Å²) in [5.41, 5.74) is 17.8. The number of amides is 6. The predicted molar refractivity (Wildman–Crippen MR) is 309 cm³/mol. The van der Waals surface area contributed by atoms with Crippen LogP contribution in [-0.2, 0) is 68.6 Å². The van der Waals surface area contributed by atoms with Gasteiger partial charge < -0.3 is 63.7 Å². The number of ether oxygens (including phenoxy) is 2. The van der Waals surface area contributed by atoms with Crippen LogP contribution < -0.4 is 49.1 Å². The number of aliphatic hydroxyl groups excluding tert-OH is 1. The first-order valence-corrected chi connectivity index (χ1v) is 30.0. The second-order valence-electron chi connectivity index (χ2n) is 21.2. The third-order valence-electron chi connectivity index (χ3n) is 13.1. The first-order chi connectivity index (χ1) is 38.3. The lowest BCUT2D eigenvalue weighted by molar-refractivity contribution is -0.137. The first kappa shape index (κ1) is 71.3. The standard InChI is InChI=1S/C55H88N10O14S2/c1-32(2)22-37-24-39(68)27-61-51(74)38(23-36-12-9-8-10-13-36)25-47(71)50(34(5)6)65-53(76)40(33(3)4)26-46(70)43(28-66)62-49(73)29-79-21-20-78-19-18-59-54(77)41(56)30-80-81-31-44(35(7)67)63-48(72)16-15-45(69)42(64-52(37)75)14-11-17-60-55(57)58/h8-10,12-13,32-34,37-38,40-44,50,66H,11,14-31,56H2,1-7H3,(H,59,77)(H,61,74)(H,62,73)(H,63,72)(H,64,75)(H,65,76)(H4,57,58,60). The van der Waals surface area contributed by atoms with Crippen molar-refractivity contribution < 1.29 is 67.3 Å². The molecule has 1 fully saturated rings. The fourth-order valence-corrected chi connectivity index (χ4v) is 10.9. The van der Waals surface area contributed by atoms with Crippen LogP contribution >= 0.6 is 21.6 Å². The summed E-state index contributed by atoms with van der Waals surface area (Å²) in [7, 11) is 2.42. The molecule has 2 rings (SSSR count). The Balaban J connectivity index is 2.44. The van der Waals surface area contributed by atoms with Gasteiger partial charge in [-0.2, -0.15) is 0 Å². The molecule has 6 amide bonds. The molecule has 0 spiro atoms. The lowest BCUT2D eigenvalue weighted by Crippen LogP contribution is -2.50. The Labute approximate surface area is 483 Å². The number of rotatable bonds is 12. The maximum Gasteiger partial charge on any atom is 0.246 e. The zero-order chi connectivity index (χ0) is 60.6. The van der Waals surface area contributed by atoms with E-state index in [-0.39, 0.29) is 113 Å². The van der Waals surface area contributed by atoms with Gasteiger partial charge in [-0.15, -0.1) is 0 Å².